The van der Waals surface area contributed by atoms with Crippen molar-refractivity contribution in [2.24, 2.45) is 5.92 Å². The predicted octanol–water partition coefficient (Wildman–Crippen LogP) is 2.51. The van der Waals surface area contributed by atoms with Crippen LogP contribution in [0.5, 0.6) is 0 Å². The number of carboxylic acid groups (broad SMARTS) is 1. The molecular weight excluding hydrogens is 277 g/mol. The van der Waals surface area contributed by atoms with E-state index in [0.717, 1.165) is 12.0 Å². The minimum absolute atomic E-state index is 0.0293. The fourth-order valence-electron chi connectivity index (χ4n) is 2.33. The highest BCUT2D eigenvalue weighted by atomic mass is 35.5. The van der Waals surface area contributed by atoms with Crippen molar-refractivity contribution in [3.8, 4) is 0 Å². The molecule has 2 atom stereocenters. The maximum atomic E-state index is 10.6. The molecule has 0 aromatic heterocycles. The summed E-state index contributed by atoms with van der Waals surface area (Å²) < 4.78 is 0. The molecule has 0 spiro atoms. The number of halogens is 2. The SMILES string of the molecule is O=C(O)NC[C@@]1(c2ccc(Cl)c(Cl)c2)C[C@H]1CO. The molecule has 1 amide bonds. The molecule has 2 rings (SSSR count). The summed E-state index contributed by atoms with van der Waals surface area (Å²) in [6.07, 6.45) is -0.333. The lowest BCUT2D eigenvalue weighted by molar-refractivity contribution is 0.192. The summed E-state index contributed by atoms with van der Waals surface area (Å²) in [7, 11) is 0. The molecule has 6 heteroatoms. The van der Waals surface area contributed by atoms with E-state index in [4.69, 9.17) is 28.3 Å². The summed E-state index contributed by atoms with van der Waals surface area (Å²) in [6, 6.07) is 5.25. The van der Waals surface area contributed by atoms with Crippen molar-refractivity contribution in [1.29, 1.82) is 0 Å². The highest BCUT2D eigenvalue weighted by Gasteiger charge is 2.54. The van der Waals surface area contributed by atoms with Gasteiger partial charge in [0.05, 0.1) is 10.0 Å². The molecule has 98 valence electrons. The van der Waals surface area contributed by atoms with Crippen molar-refractivity contribution < 1.29 is 15.0 Å². The quantitative estimate of drug-likeness (QED) is 0.798. The molecular formula is C12H13Cl2NO3. The summed E-state index contributed by atoms with van der Waals surface area (Å²) in [5, 5.41) is 21.2. The lowest BCUT2D eigenvalue weighted by Gasteiger charge is -2.18. The van der Waals surface area contributed by atoms with Gasteiger partial charge in [0.15, 0.2) is 0 Å². The maximum Gasteiger partial charge on any atom is 0.404 e. The van der Waals surface area contributed by atoms with Gasteiger partial charge in [-0.1, -0.05) is 29.3 Å². The Morgan fingerprint density at radius 1 is 1.44 bits per heavy atom. The number of benzene rings is 1. The smallest absolute Gasteiger partial charge is 0.404 e. The standard InChI is InChI=1S/C12H13Cl2NO3/c13-9-2-1-7(3-10(9)14)12(4-8(12)5-16)6-15-11(17)18/h1-3,8,15-16H,4-6H2,(H,17,18)/t8-,12+/m0/s1. The third-order valence-corrected chi connectivity index (χ3v) is 4.24. The third kappa shape index (κ3) is 2.41. The highest BCUT2D eigenvalue weighted by molar-refractivity contribution is 6.42. The van der Waals surface area contributed by atoms with Gasteiger partial charge in [0.2, 0.25) is 0 Å². The number of hydrogen-bond acceptors (Lipinski definition) is 2. The molecule has 1 saturated carbocycles. The second-order valence-electron chi connectivity index (χ2n) is 4.53. The Morgan fingerprint density at radius 3 is 2.67 bits per heavy atom. The number of rotatable bonds is 4. The Balaban J connectivity index is 2.25. The minimum Gasteiger partial charge on any atom is -0.465 e. The molecule has 0 unspecified atom stereocenters. The zero-order valence-electron chi connectivity index (χ0n) is 9.49. The summed E-state index contributed by atoms with van der Waals surface area (Å²) in [5.41, 5.74) is 0.547. The van der Waals surface area contributed by atoms with Crippen LogP contribution in [0.25, 0.3) is 0 Å². The van der Waals surface area contributed by atoms with Gasteiger partial charge in [-0.2, -0.15) is 0 Å². The monoisotopic (exact) mass is 289 g/mol. The zero-order chi connectivity index (χ0) is 13.3. The normalized spacial score (nSPS) is 25.8. The number of nitrogens with one attached hydrogen (secondary N) is 1. The molecule has 1 aromatic rings. The molecule has 18 heavy (non-hydrogen) atoms. The molecule has 0 radical (unpaired) electrons. The van der Waals surface area contributed by atoms with Gasteiger partial charge in [-0.15, -0.1) is 0 Å². The average molecular weight is 290 g/mol. The number of aliphatic hydroxyl groups excluding tert-OH is 1. The van der Waals surface area contributed by atoms with Crippen molar-refractivity contribution in [3.63, 3.8) is 0 Å². The van der Waals surface area contributed by atoms with E-state index in [1.54, 1.807) is 12.1 Å². The van der Waals surface area contributed by atoms with Crippen LogP contribution in [0, 0.1) is 5.92 Å². The fraction of sp³-hybridized carbons (Fsp3) is 0.417. The lowest BCUT2D eigenvalue weighted by atomic mass is 9.93. The van der Waals surface area contributed by atoms with Crippen LogP contribution >= 0.6 is 23.2 Å². The van der Waals surface area contributed by atoms with E-state index in [-0.39, 0.29) is 24.5 Å². The Hall–Kier alpha value is -0.970. The first kappa shape index (κ1) is 13.5. The zero-order valence-corrected chi connectivity index (χ0v) is 11.0. The van der Waals surface area contributed by atoms with Gasteiger partial charge in [-0.25, -0.2) is 4.79 Å². The van der Waals surface area contributed by atoms with Crippen LogP contribution in [-0.2, 0) is 5.41 Å². The largest absolute Gasteiger partial charge is 0.465 e. The summed E-state index contributed by atoms with van der Waals surface area (Å²) >= 11 is 11.8. The van der Waals surface area contributed by atoms with Crippen LogP contribution < -0.4 is 5.32 Å². The Bertz CT molecular complexity index is 480. The fourth-order valence-corrected chi connectivity index (χ4v) is 2.63. The molecule has 1 aromatic carbocycles. The Kier molecular flexibility index (Phi) is 3.71. The molecule has 1 fully saturated rings. The molecule has 0 saturated heterocycles. The first-order valence-corrected chi connectivity index (χ1v) is 6.28. The Labute approximate surface area is 115 Å². The molecule has 0 heterocycles. The molecule has 1 aliphatic rings. The van der Waals surface area contributed by atoms with E-state index in [1.165, 1.54) is 0 Å². The highest BCUT2D eigenvalue weighted by Crippen LogP contribution is 2.54. The van der Waals surface area contributed by atoms with Gasteiger partial charge >= 0.3 is 6.09 Å². The lowest BCUT2D eigenvalue weighted by Crippen LogP contribution is -2.32. The first-order chi connectivity index (χ1) is 8.49. The van der Waals surface area contributed by atoms with E-state index in [1.807, 2.05) is 6.07 Å². The van der Waals surface area contributed by atoms with Gasteiger partial charge in [-0.05, 0) is 30.0 Å². The van der Waals surface area contributed by atoms with Crippen LogP contribution in [0.2, 0.25) is 10.0 Å². The first-order valence-electron chi connectivity index (χ1n) is 5.53. The van der Waals surface area contributed by atoms with Crippen molar-refractivity contribution in [2.75, 3.05) is 13.2 Å². The van der Waals surface area contributed by atoms with Crippen molar-refractivity contribution in [3.05, 3.63) is 33.8 Å². The van der Waals surface area contributed by atoms with Gasteiger partial charge in [0.25, 0.3) is 0 Å². The van der Waals surface area contributed by atoms with Crippen molar-refractivity contribution in [2.45, 2.75) is 11.8 Å². The van der Waals surface area contributed by atoms with Gasteiger partial charge in [0.1, 0.15) is 0 Å². The molecule has 0 aliphatic heterocycles. The summed E-state index contributed by atoms with van der Waals surface area (Å²) in [5.74, 6) is 0.0570. The molecule has 0 bridgehead atoms. The number of amides is 1. The van der Waals surface area contributed by atoms with Gasteiger partial charge < -0.3 is 15.5 Å². The predicted molar refractivity (Wildman–Crippen MR) is 69.4 cm³/mol. The van der Waals surface area contributed by atoms with E-state index in [0.29, 0.717) is 10.0 Å². The second kappa shape index (κ2) is 4.96. The van der Waals surface area contributed by atoms with E-state index < -0.39 is 6.09 Å². The van der Waals surface area contributed by atoms with Crippen LogP contribution in [0.15, 0.2) is 18.2 Å². The maximum absolute atomic E-state index is 10.6. The van der Waals surface area contributed by atoms with Crippen LogP contribution in [-0.4, -0.2) is 29.5 Å². The van der Waals surface area contributed by atoms with Crippen LogP contribution in [0.3, 0.4) is 0 Å². The van der Waals surface area contributed by atoms with Crippen molar-refractivity contribution in [1.82, 2.24) is 5.32 Å². The van der Waals surface area contributed by atoms with Crippen molar-refractivity contribution >= 4 is 29.3 Å². The van der Waals surface area contributed by atoms with E-state index in [2.05, 4.69) is 5.32 Å². The van der Waals surface area contributed by atoms with E-state index in [9.17, 15) is 9.90 Å². The second-order valence-corrected chi connectivity index (χ2v) is 5.34. The number of carbonyl (C=O) groups is 1. The van der Waals surface area contributed by atoms with Crippen LogP contribution in [0.1, 0.15) is 12.0 Å². The van der Waals surface area contributed by atoms with Crippen LogP contribution in [0.4, 0.5) is 4.79 Å². The molecule has 4 nitrogen and oxygen atoms in total. The average Bonchev–Trinajstić information content (AvgIpc) is 3.05. The van der Waals surface area contributed by atoms with Gasteiger partial charge in [0, 0.05) is 18.6 Å². The topological polar surface area (TPSA) is 69.6 Å². The molecule has 1 aliphatic carbocycles. The number of aliphatic hydroxyl groups is 1. The Morgan fingerprint density at radius 2 is 2.17 bits per heavy atom. The number of hydrogen-bond donors (Lipinski definition) is 3. The summed E-state index contributed by atoms with van der Waals surface area (Å²) in [6.45, 7) is 0.299. The third-order valence-electron chi connectivity index (χ3n) is 3.50. The summed E-state index contributed by atoms with van der Waals surface area (Å²) in [4.78, 5) is 10.6. The van der Waals surface area contributed by atoms with E-state index >= 15 is 0 Å². The van der Waals surface area contributed by atoms with Gasteiger partial charge in [-0.3, -0.25) is 0 Å². The molecule has 3 N–H and O–H groups in total. The minimum atomic E-state index is -1.07.